The van der Waals surface area contributed by atoms with E-state index in [4.69, 9.17) is 5.41 Å². The number of nitrogens with one attached hydrogen (secondary N) is 2. The average Bonchev–Trinajstić information content (AvgIpc) is 1.84. The van der Waals surface area contributed by atoms with Crippen molar-refractivity contribution in [2.24, 2.45) is 5.10 Å². The maximum absolute atomic E-state index is 6.92. The second-order valence-electron chi connectivity index (χ2n) is 2.37. The molecule has 9 heavy (non-hydrogen) atoms. The molecule has 3 nitrogen and oxygen atoms in total. The van der Waals surface area contributed by atoms with E-state index in [1.54, 1.807) is 6.21 Å². The highest BCUT2D eigenvalue weighted by atomic mass is 15.3. The predicted octanol–water partition coefficient (Wildman–Crippen LogP) is 1.01. The van der Waals surface area contributed by atoms with E-state index in [0.717, 1.165) is 0 Å². The van der Waals surface area contributed by atoms with Crippen molar-refractivity contribution >= 4 is 12.4 Å². The molecule has 0 spiro atoms. The fourth-order valence-corrected chi connectivity index (χ4v) is 0.263. The van der Waals surface area contributed by atoms with E-state index >= 15 is 0 Å². The third-order valence-electron chi connectivity index (χ3n) is 0.843. The zero-order valence-electron chi connectivity index (χ0n) is 6.10. The van der Waals surface area contributed by atoms with Crippen molar-refractivity contribution < 1.29 is 0 Å². The van der Waals surface area contributed by atoms with Crippen LogP contribution >= 0.6 is 0 Å². The molecule has 0 aromatic carbocycles. The van der Waals surface area contributed by atoms with Gasteiger partial charge in [-0.2, -0.15) is 5.10 Å². The lowest BCUT2D eigenvalue weighted by Crippen LogP contribution is -2.36. The summed E-state index contributed by atoms with van der Waals surface area (Å²) in [5.41, 5.74) is 2.47. The van der Waals surface area contributed by atoms with Crippen molar-refractivity contribution in [2.45, 2.75) is 26.3 Å². The Bertz CT molecular complexity index is 115. The summed E-state index contributed by atoms with van der Waals surface area (Å²) in [7, 11) is 0. The van der Waals surface area contributed by atoms with Crippen molar-refractivity contribution in [3.63, 3.8) is 0 Å². The van der Waals surface area contributed by atoms with Gasteiger partial charge in [0.05, 0.1) is 5.54 Å². The molecule has 0 saturated carbocycles. The number of hydrazone groups is 1. The minimum Gasteiger partial charge on any atom is -0.311 e. The molecule has 0 fully saturated rings. The zero-order valence-corrected chi connectivity index (χ0v) is 6.10. The lowest BCUT2D eigenvalue weighted by molar-refractivity contribution is 0.536. The van der Waals surface area contributed by atoms with Gasteiger partial charge in [0.1, 0.15) is 0 Å². The Labute approximate surface area is 55.7 Å². The van der Waals surface area contributed by atoms with Crippen LogP contribution in [0.1, 0.15) is 20.8 Å². The van der Waals surface area contributed by atoms with Crippen molar-refractivity contribution in [3.8, 4) is 0 Å². The van der Waals surface area contributed by atoms with Crippen LogP contribution < -0.4 is 5.43 Å². The second kappa shape index (κ2) is 3.22. The average molecular weight is 127 g/mol. The minimum absolute atomic E-state index is 0.313. The van der Waals surface area contributed by atoms with Crippen LogP contribution in [0.15, 0.2) is 5.10 Å². The Kier molecular flexibility index (Phi) is 2.91. The molecule has 0 bridgehead atoms. The molecule has 2 N–H and O–H groups in total. The molecule has 0 aromatic heterocycles. The van der Waals surface area contributed by atoms with Gasteiger partial charge in [0, 0.05) is 12.4 Å². The summed E-state index contributed by atoms with van der Waals surface area (Å²) in [5, 5.41) is 10.7. The zero-order chi connectivity index (χ0) is 7.33. The molecule has 0 rings (SSSR count). The normalized spacial score (nSPS) is 11.9. The van der Waals surface area contributed by atoms with Gasteiger partial charge in [0.15, 0.2) is 0 Å². The Morgan fingerprint density at radius 1 is 1.56 bits per heavy atom. The molecule has 3 heteroatoms. The molecule has 0 radical (unpaired) electrons. The van der Waals surface area contributed by atoms with Gasteiger partial charge < -0.3 is 5.41 Å². The Hall–Kier alpha value is -0.860. The standard InChI is InChI=1S/C6H13N3/c1-4-8-9-6(2,3)5-7/h4-5,7,9H,1-3H3/b7-5?,8-4+. The van der Waals surface area contributed by atoms with Crippen LogP contribution in [0.2, 0.25) is 0 Å². The van der Waals surface area contributed by atoms with E-state index in [-0.39, 0.29) is 5.54 Å². The van der Waals surface area contributed by atoms with Gasteiger partial charge in [-0.25, -0.2) is 0 Å². The van der Waals surface area contributed by atoms with E-state index < -0.39 is 0 Å². The first-order chi connectivity index (χ1) is 4.12. The molecule has 0 amide bonds. The molecule has 0 aromatic rings. The number of hydrogen-bond donors (Lipinski definition) is 2. The van der Waals surface area contributed by atoms with E-state index in [9.17, 15) is 0 Å². The summed E-state index contributed by atoms with van der Waals surface area (Å²) >= 11 is 0. The SMILES string of the molecule is C/C=N/NC(C)(C)C=N. The van der Waals surface area contributed by atoms with Gasteiger partial charge in [0.25, 0.3) is 0 Å². The van der Waals surface area contributed by atoms with Crippen molar-refractivity contribution in [3.05, 3.63) is 0 Å². The summed E-state index contributed by atoms with van der Waals surface area (Å²) in [4.78, 5) is 0. The van der Waals surface area contributed by atoms with Crippen LogP contribution in [-0.4, -0.2) is 18.0 Å². The van der Waals surface area contributed by atoms with E-state index in [1.165, 1.54) is 6.21 Å². The smallest absolute Gasteiger partial charge is 0.0834 e. The molecule has 0 atom stereocenters. The molecule has 0 saturated heterocycles. The third kappa shape index (κ3) is 3.70. The van der Waals surface area contributed by atoms with Crippen LogP contribution in [0.5, 0.6) is 0 Å². The quantitative estimate of drug-likeness (QED) is 0.431. The summed E-state index contributed by atoms with van der Waals surface area (Å²) in [5.74, 6) is 0. The Morgan fingerprint density at radius 3 is 2.44 bits per heavy atom. The summed E-state index contributed by atoms with van der Waals surface area (Å²) in [6.07, 6.45) is 2.98. The van der Waals surface area contributed by atoms with Crippen LogP contribution in [0.3, 0.4) is 0 Å². The molecule has 0 aliphatic heterocycles. The molecule has 0 aliphatic carbocycles. The van der Waals surface area contributed by atoms with E-state index in [1.807, 2.05) is 20.8 Å². The topological polar surface area (TPSA) is 48.2 Å². The van der Waals surface area contributed by atoms with Gasteiger partial charge >= 0.3 is 0 Å². The highest BCUT2D eigenvalue weighted by Gasteiger charge is 2.09. The first kappa shape index (κ1) is 8.14. The van der Waals surface area contributed by atoms with Crippen LogP contribution in [0.25, 0.3) is 0 Å². The van der Waals surface area contributed by atoms with Crippen LogP contribution in [-0.2, 0) is 0 Å². The summed E-state index contributed by atoms with van der Waals surface area (Å²) in [6.45, 7) is 5.59. The Balaban J connectivity index is 3.71. The molecular formula is C6H13N3. The van der Waals surface area contributed by atoms with Gasteiger partial charge in [-0.1, -0.05) is 0 Å². The fourth-order valence-electron chi connectivity index (χ4n) is 0.263. The monoisotopic (exact) mass is 127 g/mol. The van der Waals surface area contributed by atoms with Crippen LogP contribution in [0.4, 0.5) is 0 Å². The first-order valence-electron chi connectivity index (χ1n) is 2.89. The molecular weight excluding hydrogens is 114 g/mol. The minimum atomic E-state index is -0.313. The van der Waals surface area contributed by atoms with Crippen LogP contribution in [0, 0.1) is 5.41 Å². The second-order valence-corrected chi connectivity index (χ2v) is 2.37. The lowest BCUT2D eigenvalue weighted by Gasteiger charge is -2.16. The molecule has 0 aliphatic rings. The largest absolute Gasteiger partial charge is 0.311 e. The fraction of sp³-hybridized carbons (Fsp3) is 0.667. The van der Waals surface area contributed by atoms with Gasteiger partial charge in [-0.3, -0.25) is 5.43 Å². The molecule has 52 valence electrons. The van der Waals surface area contributed by atoms with Gasteiger partial charge in [-0.05, 0) is 20.8 Å². The number of hydrogen-bond acceptors (Lipinski definition) is 3. The molecule has 0 heterocycles. The maximum Gasteiger partial charge on any atom is 0.0834 e. The van der Waals surface area contributed by atoms with Crippen molar-refractivity contribution in [2.75, 3.05) is 0 Å². The summed E-state index contributed by atoms with van der Waals surface area (Å²) < 4.78 is 0. The number of rotatable bonds is 3. The number of nitrogens with zero attached hydrogens (tertiary/aromatic N) is 1. The highest BCUT2D eigenvalue weighted by Crippen LogP contribution is 1.94. The predicted molar refractivity (Wildman–Crippen MR) is 40.2 cm³/mol. The third-order valence-corrected chi connectivity index (χ3v) is 0.843. The molecule has 0 unspecified atom stereocenters. The van der Waals surface area contributed by atoms with E-state index in [2.05, 4.69) is 10.5 Å². The lowest BCUT2D eigenvalue weighted by atomic mass is 10.1. The van der Waals surface area contributed by atoms with Gasteiger partial charge in [-0.15, -0.1) is 0 Å². The first-order valence-corrected chi connectivity index (χ1v) is 2.89. The highest BCUT2D eigenvalue weighted by molar-refractivity contribution is 5.65. The van der Waals surface area contributed by atoms with Gasteiger partial charge in [0.2, 0.25) is 0 Å². The summed E-state index contributed by atoms with van der Waals surface area (Å²) in [6, 6.07) is 0. The maximum atomic E-state index is 6.92. The van der Waals surface area contributed by atoms with Crippen molar-refractivity contribution in [1.82, 2.24) is 5.43 Å². The van der Waals surface area contributed by atoms with E-state index in [0.29, 0.717) is 0 Å². The van der Waals surface area contributed by atoms with Crippen molar-refractivity contribution in [1.29, 1.82) is 5.41 Å². The Morgan fingerprint density at radius 2 is 2.11 bits per heavy atom.